The van der Waals surface area contributed by atoms with Gasteiger partial charge >= 0.3 is 0 Å². The van der Waals surface area contributed by atoms with Gasteiger partial charge < -0.3 is 46.2 Å². The van der Waals surface area contributed by atoms with Gasteiger partial charge in [-0.2, -0.15) is 0 Å². The van der Waals surface area contributed by atoms with Crippen molar-refractivity contribution in [2.24, 2.45) is 0 Å². The Morgan fingerprint density at radius 2 is 1.15 bits per heavy atom. The quantitative estimate of drug-likeness (QED) is 0.114. The van der Waals surface area contributed by atoms with Crippen LogP contribution in [0.15, 0.2) is 0 Å². The highest BCUT2D eigenvalue weighted by molar-refractivity contribution is 14.1. The number of rotatable bonds is 12. The first-order valence-electron chi connectivity index (χ1n) is 9.82. The summed E-state index contributed by atoms with van der Waals surface area (Å²) in [5, 5.41) is 61.3. The third kappa shape index (κ3) is 8.32. The zero-order chi connectivity index (χ0) is 26.2. The molecule has 0 radical (unpaired) electrons. The third-order valence-corrected chi connectivity index (χ3v) is 7.60. The summed E-state index contributed by atoms with van der Waals surface area (Å²) >= 11 is 5.47. The average molecular weight is 821 g/mol. The highest BCUT2D eigenvalue weighted by atomic mass is 127. The van der Waals surface area contributed by atoms with E-state index in [9.17, 15) is 34.8 Å². The summed E-state index contributed by atoms with van der Waals surface area (Å²) in [5.74, 6) is -1.89. The van der Waals surface area contributed by atoms with Gasteiger partial charge in [0.2, 0.25) is 5.91 Å². The summed E-state index contributed by atoms with van der Waals surface area (Å²) in [4.78, 5) is 39.6. The van der Waals surface area contributed by atoms with E-state index in [0.29, 0.717) is 0 Å². The number of carbonyl (C=O) groups excluding carboxylic acids is 3. The molecule has 0 aliphatic rings. The van der Waals surface area contributed by atoms with Crippen molar-refractivity contribution in [3.63, 3.8) is 0 Å². The molecule has 0 saturated heterocycles. The van der Waals surface area contributed by atoms with Gasteiger partial charge in [0.15, 0.2) is 0 Å². The first-order valence-corrected chi connectivity index (χ1v) is 13.1. The highest BCUT2D eigenvalue weighted by Crippen LogP contribution is 2.38. The number of aliphatic hydroxyl groups is 6. The Hall–Kier alpha value is -0.420. The number of hydrogen-bond acceptors (Lipinski definition) is 9. The van der Waals surface area contributed by atoms with Crippen LogP contribution in [0.4, 0.5) is 5.69 Å². The molecule has 8 N–H and O–H groups in total. The van der Waals surface area contributed by atoms with Crippen molar-refractivity contribution in [1.82, 2.24) is 10.6 Å². The minimum Gasteiger partial charge on any atom is -0.394 e. The average Bonchev–Trinajstić information content (AvgIpc) is 2.79. The molecule has 3 amide bonds. The summed E-state index contributed by atoms with van der Waals surface area (Å²) in [6.07, 6.45) is -3.71. The molecule has 15 heteroatoms. The fraction of sp³-hybridized carbons (Fsp3) is 0.526. The zero-order valence-corrected chi connectivity index (χ0v) is 24.4. The first kappa shape index (κ1) is 31.6. The number of anilines is 1. The lowest BCUT2D eigenvalue weighted by molar-refractivity contribution is -0.117. The van der Waals surface area contributed by atoms with Gasteiger partial charge in [-0.1, -0.05) is 0 Å². The van der Waals surface area contributed by atoms with E-state index in [2.05, 4.69) is 10.6 Å². The molecule has 0 bridgehead atoms. The van der Waals surface area contributed by atoms with Crippen LogP contribution in [-0.2, 0) is 4.79 Å². The second kappa shape index (κ2) is 15.0. The lowest BCUT2D eigenvalue weighted by atomic mass is 10.1. The van der Waals surface area contributed by atoms with Crippen molar-refractivity contribution < 1.29 is 45.0 Å². The summed E-state index contributed by atoms with van der Waals surface area (Å²) in [5.41, 5.74) is 0.182. The maximum atomic E-state index is 13.0. The molecule has 0 unspecified atom stereocenters. The van der Waals surface area contributed by atoms with Gasteiger partial charge in [-0.25, -0.2) is 0 Å². The SMILES string of the molecule is CC(=O)N(C[C@@H](O)CO)c1c(I)c(C(=O)NC[C@@H](O)CO)c(I)c(C(=O)NC[C@@H](O)CO)c1I. The third-order valence-electron chi connectivity index (χ3n) is 4.42. The van der Waals surface area contributed by atoms with E-state index in [-0.39, 0.29) is 47.2 Å². The molecule has 0 spiro atoms. The maximum Gasteiger partial charge on any atom is 0.253 e. The lowest BCUT2D eigenvalue weighted by Crippen LogP contribution is -2.41. The zero-order valence-electron chi connectivity index (χ0n) is 18.0. The molecule has 0 aromatic heterocycles. The van der Waals surface area contributed by atoms with E-state index in [1.54, 1.807) is 22.6 Å². The Morgan fingerprint density at radius 3 is 1.47 bits per heavy atom. The van der Waals surface area contributed by atoms with Crippen LogP contribution < -0.4 is 15.5 Å². The minimum atomic E-state index is -1.29. The Morgan fingerprint density at radius 1 is 0.765 bits per heavy atom. The molecule has 0 heterocycles. The molecule has 12 nitrogen and oxygen atoms in total. The number of hydrogen-bond donors (Lipinski definition) is 8. The molecular formula is C19H26I3N3O9. The van der Waals surface area contributed by atoms with Crippen LogP contribution >= 0.6 is 67.8 Å². The first-order chi connectivity index (χ1) is 15.9. The molecular weight excluding hydrogens is 795 g/mol. The molecule has 192 valence electrons. The molecule has 0 saturated carbocycles. The largest absolute Gasteiger partial charge is 0.394 e. The molecule has 0 aliphatic heterocycles. The fourth-order valence-corrected chi connectivity index (χ4v) is 7.39. The van der Waals surface area contributed by atoms with Crippen molar-refractivity contribution >= 4 is 91.2 Å². The van der Waals surface area contributed by atoms with Gasteiger partial charge in [0.25, 0.3) is 11.8 Å². The number of nitrogens with zero attached hydrogens (tertiary/aromatic N) is 1. The number of aliphatic hydroxyl groups excluding tert-OH is 6. The lowest BCUT2D eigenvalue weighted by Gasteiger charge is -2.28. The predicted octanol–water partition coefficient (Wildman–Crippen LogP) is -1.63. The maximum absolute atomic E-state index is 13.0. The molecule has 1 rings (SSSR count). The Labute approximate surface area is 236 Å². The molecule has 0 fully saturated rings. The standard InChI is InChI=1S/C19H26I3N3O9/c1-8(29)25(4-11(32)7-28)17-15(21)12(18(33)23-2-9(30)5-26)14(20)13(16(17)22)19(34)24-3-10(31)6-27/h9-11,26-28,30-32H,2-7H2,1H3,(H,23,33)(H,24,34)/t9-,10-,11-/m1/s1. The van der Waals surface area contributed by atoms with Gasteiger partial charge in [0.1, 0.15) is 0 Å². The van der Waals surface area contributed by atoms with E-state index < -0.39 is 55.9 Å². The van der Waals surface area contributed by atoms with Gasteiger partial charge in [-0.05, 0) is 67.8 Å². The number of halogens is 3. The van der Waals surface area contributed by atoms with E-state index in [1.165, 1.54) is 6.92 Å². The second-order valence-corrected chi connectivity index (χ2v) is 10.3. The number of carbonyl (C=O) groups is 3. The summed E-state index contributed by atoms with van der Waals surface area (Å²) in [7, 11) is 0. The van der Waals surface area contributed by atoms with E-state index >= 15 is 0 Å². The Balaban J connectivity index is 3.73. The number of benzene rings is 1. The van der Waals surface area contributed by atoms with Crippen molar-refractivity contribution in [3.05, 3.63) is 21.8 Å². The van der Waals surface area contributed by atoms with Gasteiger partial charge in [0.05, 0.1) is 68.6 Å². The monoisotopic (exact) mass is 821 g/mol. The fourth-order valence-electron chi connectivity index (χ4n) is 2.66. The molecule has 1 aromatic rings. The molecule has 34 heavy (non-hydrogen) atoms. The van der Waals surface area contributed by atoms with Crippen LogP contribution in [0.1, 0.15) is 27.6 Å². The van der Waals surface area contributed by atoms with Crippen LogP contribution in [-0.4, -0.2) is 106 Å². The van der Waals surface area contributed by atoms with E-state index in [0.717, 1.165) is 4.90 Å². The summed E-state index contributed by atoms with van der Waals surface area (Å²) in [6, 6.07) is 0. The number of amides is 3. The topological polar surface area (TPSA) is 200 Å². The minimum absolute atomic E-state index is 0.0133. The molecule has 0 aliphatic carbocycles. The van der Waals surface area contributed by atoms with Crippen LogP contribution in [0.2, 0.25) is 0 Å². The van der Waals surface area contributed by atoms with Crippen LogP contribution in [0.3, 0.4) is 0 Å². The smallest absolute Gasteiger partial charge is 0.253 e. The van der Waals surface area contributed by atoms with Crippen molar-refractivity contribution in [3.8, 4) is 0 Å². The van der Waals surface area contributed by atoms with Crippen LogP contribution in [0.25, 0.3) is 0 Å². The second-order valence-electron chi connectivity index (χ2n) is 7.10. The van der Waals surface area contributed by atoms with E-state index in [1.807, 2.05) is 45.2 Å². The normalized spacial score (nSPS) is 13.7. The van der Waals surface area contributed by atoms with Crippen molar-refractivity contribution in [2.75, 3.05) is 44.4 Å². The van der Waals surface area contributed by atoms with Gasteiger partial charge in [-0.15, -0.1) is 0 Å². The van der Waals surface area contributed by atoms with E-state index in [4.69, 9.17) is 10.2 Å². The van der Waals surface area contributed by atoms with Gasteiger partial charge in [0, 0.05) is 23.6 Å². The van der Waals surface area contributed by atoms with Crippen molar-refractivity contribution in [2.45, 2.75) is 25.2 Å². The Bertz CT molecular complexity index is 850. The van der Waals surface area contributed by atoms with Gasteiger partial charge in [-0.3, -0.25) is 14.4 Å². The summed E-state index contributed by atoms with van der Waals surface area (Å²) < 4.78 is 0.762. The van der Waals surface area contributed by atoms with Crippen LogP contribution in [0, 0.1) is 10.7 Å². The summed E-state index contributed by atoms with van der Waals surface area (Å²) in [6.45, 7) is -1.41. The Kier molecular flexibility index (Phi) is 13.9. The van der Waals surface area contributed by atoms with Crippen LogP contribution in [0.5, 0.6) is 0 Å². The molecule has 3 atom stereocenters. The molecule has 1 aromatic carbocycles. The predicted molar refractivity (Wildman–Crippen MR) is 147 cm³/mol. The van der Waals surface area contributed by atoms with Crippen molar-refractivity contribution in [1.29, 1.82) is 0 Å². The number of nitrogens with one attached hydrogen (secondary N) is 2. The highest BCUT2D eigenvalue weighted by Gasteiger charge is 2.32.